The van der Waals surface area contributed by atoms with Crippen molar-refractivity contribution < 1.29 is 9.90 Å². The van der Waals surface area contributed by atoms with E-state index in [9.17, 15) is 4.79 Å². The first kappa shape index (κ1) is 13.6. The topological polar surface area (TPSA) is 61.1 Å². The second kappa shape index (κ2) is 6.97. The van der Waals surface area contributed by atoms with Crippen LogP contribution in [0.25, 0.3) is 0 Å². The van der Waals surface area contributed by atoms with Gasteiger partial charge in [0, 0.05) is 11.3 Å². The number of nitrogens with zero attached hydrogens (tertiary/aromatic N) is 1. The number of rotatable bonds is 6. The van der Waals surface area contributed by atoms with Crippen molar-refractivity contribution >= 4 is 17.7 Å². The molecule has 1 aromatic rings. The molecule has 0 spiro atoms. The predicted octanol–water partition coefficient (Wildman–Crippen LogP) is 3.48. The largest absolute Gasteiger partial charge is 0.478 e. The predicted molar refractivity (Wildman–Crippen MR) is 68.3 cm³/mol. The Balaban J connectivity index is 2.52. The Morgan fingerprint density at radius 2 is 2.24 bits per heavy atom. The number of thioether (sulfide) groups is 1. The third-order valence-corrected chi connectivity index (χ3v) is 3.47. The zero-order valence-corrected chi connectivity index (χ0v) is 10.6. The van der Waals surface area contributed by atoms with E-state index >= 15 is 0 Å². The van der Waals surface area contributed by atoms with Crippen LogP contribution in [0.15, 0.2) is 23.1 Å². The lowest BCUT2D eigenvalue weighted by Gasteiger charge is -2.05. The Morgan fingerprint density at radius 3 is 2.88 bits per heavy atom. The Morgan fingerprint density at radius 1 is 1.47 bits per heavy atom. The lowest BCUT2D eigenvalue weighted by Crippen LogP contribution is -1.99. The van der Waals surface area contributed by atoms with Crippen LogP contribution >= 0.6 is 11.8 Å². The average molecular weight is 249 g/mol. The molecule has 0 aliphatic carbocycles. The molecule has 0 aromatic heterocycles. The highest BCUT2D eigenvalue weighted by Crippen LogP contribution is 2.22. The maximum absolute atomic E-state index is 10.9. The lowest BCUT2D eigenvalue weighted by atomic mass is 10.1. The zero-order chi connectivity index (χ0) is 12.7. The Kier molecular flexibility index (Phi) is 5.58. The van der Waals surface area contributed by atoms with Crippen LogP contribution in [0.4, 0.5) is 0 Å². The van der Waals surface area contributed by atoms with Crippen molar-refractivity contribution in [1.29, 1.82) is 5.26 Å². The highest BCUT2D eigenvalue weighted by Gasteiger charge is 2.07. The van der Waals surface area contributed by atoms with Crippen LogP contribution in [0, 0.1) is 18.3 Å². The molecule has 0 amide bonds. The number of aryl methyl sites for hydroxylation is 1. The Labute approximate surface area is 105 Å². The van der Waals surface area contributed by atoms with Crippen molar-refractivity contribution in [2.75, 3.05) is 5.75 Å². The molecular formula is C13H15NO2S. The minimum absolute atomic E-state index is 0.368. The number of hydrogen-bond donors (Lipinski definition) is 1. The minimum Gasteiger partial charge on any atom is -0.478 e. The standard InChI is InChI=1S/C13H15NO2S/c1-10-5-6-11(9-12(10)13(15)16)17-8-4-2-3-7-14/h5-6,9H,2-4,8H2,1H3,(H,15,16). The molecule has 0 atom stereocenters. The van der Waals surface area contributed by atoms with Gasteiger partial charge in [-0.2, -0.15) is 5.26 Å². The number of unbranched alkanes of at least 4 members (excludes halogenated alkanes) is 2. The van der Waals surface area contributed by atoms with Crippen molar-refractivity contribution in [3.63, 3.8) is 0 Å². The van der Waals surface area contributed by atoms with E-state index in [1.165, 1.54) is 0 Å². The van der Waals surface area contributed by atoms with Gasteiger partial charge in [-0.1, -0.05) is 6.07 Å². The van der Waals surface area contributed by atoms with E-state index in [-0.39, 0.29) is 0 Å². The minimum atomic E-state index is -0.880. The van der Waals surface area contributed by atoms with Crippen molar-refractivity contribution in [1.82, 2.24) is 0 Å². The number of benzene rings is 1. The maximum atomic E-state index is 10.9. The maximum Gasteiger partial charge on any atom is 0.335 e. The Bertz CT molecular complexity index is 438. The summed E-state index contributed by atoms with van der Waals surface area (Å²) in [4.78, 5) is 11.9. The molecule has 1 N–H and O–H groups in total. The molecule has 0 saturated heterocycles. The molecule has 4 heteroatoms. The summed E-state index contributed by atoms with van der Waals surface area (Å²) < 4.78 is 0. The van der Waals surface area contributed by atoms with E-state index in [1.54, 1.807) is 24.8 Å². The van der Waals surface area contributed by atoms with E-state index in [2.05, 4.69) is 6.07 Å². The van der Waals surface area contributed by atoms with Crippen LogP contribution in [0.3, 0.4) is 0 Å². The summed E-state index contributed by atoms with van der Waals surface area (Å²) in [6, 6.07) is 7.60. The van der Waals surface area contributed by atoms with E-state index in [1.807, 2.05) is 12.1 Å². The number of carbonyl (C=O) groups is 1. The first-order chi connectivity index (χ1) is 8.15. The molecular weight excluding hydrogens is 234 g/mol. The van der Waals surface area contributed by atoms with Crippen LogP contribution in [-0.4, -0.2) is 16.8 Å². The summed E-state index contributed by atoms with van der Waals surface area (Å²) in [5.41, 5.74) is 1.15. The molecule has 0 aliphatic heterocycles. The summed E-state index contributed by atoms with van der Waals surface area (Å²) in [7, 11) is 0. The van der Waals surface area contributed by atoms with Gasteiger partial charge in [0.15, 0.2) is 0 Å². The van der Waals surface area contributed by atoms with E-state index in [4.69, 9.17) is 10.4 Å². The molecule has 1 aromatic carbocycles. The first-order valence-electron chi connectivity index (χ1n) is 5.49. The number of carboxylic acids is 1. The molecule has 3 nitrogen and oxygen atoms in total. The molecule has 90 valence electrons. The van der Waals surface area contributed by atoms with Gasteiger partial charge in [-0.05, 0) is 43.2 Å². The number of carboxylic acid groups (broad SMARTS) is 1. The molecule has 0 fully saturated rings. The van der Waals surface area contributed by atoms with Gasteiger partial charge in [0.2, 0.25) is 0 Å². The smallest absolute Gasteiger partial charge is 0.335 e. The van der Waals surface area contributed by atoms with Crippen molar-refractivity contribution in [3.05, 3.63) is 29.3 Å². The molecule has 0 heterocycles. The molecule has 17 heavy (non-hydrogen) atoms. The highest BCUT2D eigenvalue weighted by molar-refractivity contribution is 7.99. The van der Waals surface area contributed by atoms with Gasteiger partial charge in [-0.25, -0.2) is 4.79 Å². The van der Waals surface area contributed by atoms with E-state index in [0.29, 0.717) is 12.0 Å². The van der Waals surface area contributed by atoms with E-state index in [0.717, 1.165) is 29.1 Å². The normalized spacial score (nSPS) is 9.88. The van der Waals surface area contributed by atoms with Gasteiger partial charge in [-0.3, -0.25) is 0 Å². The van der Waals surface area contributed by atoms with Crippen molar-refractivity contribution in [2.24, 2.45) is 0 Å². The van der Waals surface area contributed by atoms with Gasteiger partial charge in [0.25, 0.3) is 0 Å². The zero-order valence-electron chi connectivity index (χ0n) is 9.77. The third-order valence-electron chi connectivity index (χ3n) is 2.39. The van der Waals surface area contributed by atoms with Crippen LogP contribution in [0.5, 0.6) is 0 Å². The monoisotopic (exact) mass is 249 g/mol. The fraction of sp³-hybridized carbons (Fsp3) is 0.385. The summed E-state index contributed by atoms with van der Waals surface area (Å²) in [5, 5.41) is 17.4. The van der Waals surface area contributed by atoms with Gasteiger partial charge < -0.3 is 5.11 Å². The lowest BCUT2D eigenvalue weighted by molar-refractivity contribution is 0.0696. The number of hydrogen-bond acceptors (Lipinski definition) is 3. The molecule has 1 rings (SSSR count). The fourth-order valence-corrected chi connectivity index (χ4v) is 2.37. The van der Waals surface area contributed by atoms with Crippen molar-refractivity contribution in [3.8, 4) is 6.07 Å². The van der Waals surface area contributed by atoms with Crippen LogP contribution in [0.1, 0.15) is 35.2 Å². The Hall–Kier alpha value is -1.47. The number of nitriles is 1. The molecule has 0 saturated carbocycles. The summed E-state index contributed by atoms with van der Waals surface area (Å²) in [5.74, 6) is 0.0403. The number of aromatic carboxylic acids is 1. The van der Waals surface area contributed by atoms with Gasteiger partial charge in [0.05, 0.1) is 11.6 Å². The molecule has 0 unspecified atom stereocenters. The summed E-state index contributed by atoms with van der Waals surface area (Å²) in [6.07, 6.45) is 2.48. The van der Waals surface area contributed by atoms with E-state index < -0.39 is 5.97 Å². The summed E-state index contributed by atoms with van der Waals surface area (Å²) >= 11 is 1.64. The van der Waals surface area contributed by atoms with Gasteiger partial charge >= 0.3 is 5.97 Å². The summed E-state index contributed by atoms with van der Waals surface area (Å²) in [6.45, 7) is 1.80. The molecule has 0 aliphatic rings. The van der Waals surface area contributed by atoms with Gasteiger partial charge in [0.1, 0.15) is 0 Å². The molecule has 0 bridgehead atoms. The van der Waals surface area contributed by atoms with Crippen LogP contribution in [0.2, 0.25) is 0 Å². The molecule has 0 radical (unpaired) electrons. The second-order valence-corrected chi connectivity index (χ2v) is 4.91. The highest BCUT2D eigenvalue weighted by atomic mass is 32.2. The fourth-order valence-electron chi connectivity index (χ4n) is 1.42. The van der Waals surface area contributed by atoms with Crippen LogP contribution in [-0.2, 0) is 0 Å². The van der Waals surface area contributed by atoms with Crippen molar-refractivity contribution in [2.45, 2.75) is 31.1 Å². The first-order valence-corrected chi connectivity index (χ1v) is 6.47. The van der Waals surface area contributed by atoms with Crippen LogP contribution < -0.4 is 0 Å². The quantitative estimate of drug-likeness (QED) is 0.619. The average Bonchev–Trinajstić information content (AvgIpc) is 2.30. The second-order valence-electron chi connectivity index (χ2n) is 3.75. The third kappa shape index (κ3) is 4.49. The SMILES string of the molecule is Cc1ccc(SCCCCC#N)cc1C(=O)O. The van der Waals surface area contributed by atoms with Gasteiger partial charge in [-0.15, -0.1) is 11.8 Å².